The molecule has 20 heavy (non-hydrogen) atoms. The van der Waals surface area contributed by atoms with Crippen LogP contribution in [0.15, 0.2) is 18.2 Å². The SMILES string of the molecule is CC(C)(C)S(=O)(=O)N1CCCc2c(C(=O)O)cccc21. The highest BCUT2D eigenvalue weighted by Gasteiger charge is 2.38. The predicted octanol–water partition coefficient (Wildman–Crippen LogP) is 2.27. The van der Waals surface area contributed by atoms with Crippen LogP contribution < -0.4 is 4.31 Å². The number of hydrogen-bond donors (Lipinski definition) is 1. The van der Waals surface area contributed by atoms with Gasteiger partial charge in [-0.1, -0.05) is 6.07 Å². The van der Waals surface area contributed by atoms with Crippen LogP contribution in [0.5, 0.6) is 0 Å². The highest BCUT2D eigenvalue weighted by atomic mass is 32.2. The summed E-state index contributed by atoms with van der Waals surface area (Å²) in [7, 11) is -3.51. The molecule has 0 spiro atoms. The fraction of sp³-hybridized carbons (Fsp3) is 0.500. The van der Waals surface area contributed by atoms with Crippen LogP contribution in [0.25, 0.3) is 0 Å². The second kappa shape index (κ2) is 4.77. The van der Waals surface area contributed by atoms with Crippen LogP contribution in [-0.2, 0) is 16.4 Å². The summed E-state index contributed by atoms with van der Waals surface area (Å²) in [5.41, 5.74) is 1.31. The second-order valence-electron chi connectivity index (χ2n) is 5.90. The Kier molecular flexibility index (Phi) is 3.54. The number of carboxylic acids is 1. The monoisotopic (exact) mass is 297 g/mol. The van der Waals surface area contributed by atoms with E-state index in [-0.39, 0.29) is 5.56 Å². The minimum Gasteiger partial charge on any atom is -0.478 e. The molecule has 0 aromatic heterocycles. The number of benzene rings is 1. The molecule has 6 heteroatoms. The predicted molar refractivity (Wildman–Crippen MR) is 77.7 cm³/mol. The van der Waals surface area contributed by atoms with Gasteiger partial charge < -0.3 is 5.11 Å². The van der Waals surface area contributed by atoms with Crippen molar-refractivity contribution in [2.45, 2.75) is 38.4 Å². The van der Waals surface area contributed by atoms with Crippen LogP contribution in [0.1, 0.15) is 43.1 Å². The van der Waals surface area contributed by atoms with E-state index in [9.17, 15) is 18.3 Å². The number of hydrogen-bond acceptors (Lipinski definition) is 3. The van der Waals surface area contributed by atoms with Gasteiger partial charge in [0.25, 0.3) is 0 Å². The molecule has 1 N–H and O–H groups in total. The Morgan fingerprint density at radius 1 is 1.30 bits per heavy atom. The molecular formula is C14H19NO4S. The van der Waals surface area contributed by atoms with E-state index < -0.39 is 20.7 Å². The number of sulfonamides is 1. The van der Waals surface area contributed by atoms with Crippen molar-refractivity contribution in [1.29, 1.82) is 0 Å². The zero-order valence-electron chi connectivity index (χ0n) is 11.9. The summed E-state index contributed by atoms with van der Waals surface area (Å²) in [4.78, 5) is 11.3. The lowest BCUT2D eigenvalue weighted by atomic mass is 9.98. The Morgan fingerprint density at radius 3 is 2.50 bits per heavy atom. The van der Waals surface area contributed by atoms with Crippen LogP contribution in [0.3, 0.4) is 0 Å². The smallest absolute Gasteiger partial charge is 0.336 e. The third kappa shape index (κ3) is 2.28. The zero-order chi connectivity index (χ0) is 15.1. The van der Waals surface area contributed by atoms with E-state index in [0.717, 1.165) is 0 Å². The average Bonchev–Trinajstić information content (AvgIpc) is 2.35. The first-order valence-corrected chi connectivity index (χ1v) is 7.98. The van der Waals surface area contributed by atoms with E-state index in [0.29, 0.717) is 30.6 Å². The van der Waals surface area contributed by atoms with Gasteiger partial charge in [-0.05, 0) is 51.3 Å². The number of carbonyl (C=O) groups is 1. The fourth-order valence-corrected chi connectivity index (χ4v) is 3.83. The Hall–Kier alpha value is -1.56. The fourth-order valence-electron chi connectivity index (χ4n) is 2.37. The van der Waals surface area contributed by atoms with Crippen molar-refractivity contribution in [3.05, 3.63) is 29.3 Å². The van der Waals surface area contributed by atoms with Crippen LogP contribution in [-0.4, -0.2) is 30.8 Å². The van der Waals surface area contributed by atoms with Gasteiger partial charge in [0.15, 0.2) is 0 Å². The van der Waals surface area contributed by atoms with Gasteiger partial charge in [-0.25, -0.2) is 13.2 Å². The molecular weight excluding hydrogens is 278 g/mol. The first-order valence-electron chi connectivity index (χ1n) is 6.54. The number of anilines is 1. The Balaban J connectivity index is 2.61. The van der Waals surface area contributed by atoms with E-state index >= 15 is 0 Å². The topological polar surface area (TPSA) is 74.7 Å². The molecule has 110 valence electrons. The van der Waals surface area contributed by atoms with Crippen molar-refractivity contribution in [2.24, 2.45) is 0 Å². The van der Waals surface area contributed by atoms with Crippen molar-refractivity contribution >= 4 is 21.7 Å². The molecule has 1 aromatic rings. The number of aromatic carboxylic acids is 1. The standard InChI is InChI=1S/C14H19NO4S/c1-14(2,3)20(18,19)15-9-5-7-10-11(13(16)17)6-4-8-12(10)15/h4,6,8H,5,7,9H2,1-3H3,(H,16,17). The van der Waals surface area contributed by atoms with Gasteiger partial charge in [0.05, 0.1) is 16.0 Å². The van der Waals surface area contributed by atoms with Gasteiger partial charge in [0, 0.05) is 6.54 Å². The van der Waals surface area contributed by atoms with Gasteiger partial charge in [-0.2, -0.15) is 0 Å². The second-order valence-corrected chi connectivity index (χ2v) is 8.52. The summed E-state index contributed by atoms with van der Waals surface area (Å²) >= 11 is 0. The maximum absolute atomic E-state index is 12.6. The third-order valence-electron chi connectivity index (χ3n) is 3.50. The summed E-state index contributed by atoms with van der Waals surface area (Å²) in [6.45, 7) is 5.35. The molecule has 0 saturated carbocycles. The van der Waals surface area contributed by atoms with Crippen molar-refractivity contribution < 1.29 is 18.3 Å². The number of fused-ring (bicyclic) bond motifs is 1. The summed E-state index contributed by atoms with van der Waals surface area (Å²) < 4.78 is 25.7. The molecule has 5 nitrogen and oxygen atoms in total. The zero-order valence-corrected chi connectivity index (χ0v) is 12.7. The molecule has 0 aliphatic carbocycles. The largest absolute Gasteiger partial charge is 0.478 e. The van der Waals surface area contributed by atoms with Crippen molar-refractivity contribution in [3.8, 4) is 0 Å². The average molecular weight is 297 g/mol. The number of carboxylic acid groups (broad SMARTS) is 1. The third-order valence-corrected chi connectivity index (χ3v) is 6.01. The molecule has 0 saturated heterocycles. The van der Waals surface area contributed by atoms with Crippen LogP contribution >= 0.6 is 0 Å². The molecule has 1 aliphatic heterocycles. The van der Waals surface area contributed by atoms with Crippen LogP contribution in [0, 0.1) is 0 Å². The highest BCUT2D eigenvalue weighted by molar-refractivity contribution is 7.94. The van der Waals surface area contributed by atoms with Gasteiger partial charge in [0.1, 0.15) is 0 Å². The quantitative estimate of drug-likeness (QED) is 0.908. The van der Waals surface area contributed by atoms with Crippen molar-refractivity contribution in [2.75, 3.05) is 10.8 Å². The molecule has 0 amide bonds. The molecule has 0 radical (unpaired) electrons. The highest BCUT2D eigenvalue weighted by Crippen LogP contribution is 2.35. The molecule has 0 atom stereocenters. The molecule has 1 heterocycles. The van der Waals surface area contributed by atoms with E-state index in [2.05, 4.69) is 0 Å². The van der Waals surface area contributed by atoms with Crippen molar-refractivity contribution in [1.82, 2.24) is 0 Å². The lowest BCUT2D eigenvalue weighted by molar-refractivity contribution is 0.0695. The summed E-state index contributed by atoms with van der Waals surface area (Å²) in [6.07, 6.45) is 1.22. The molecule has 1 aromatic carbocycles. The van der Waals surface area contributed by atoms with Gasteiger partial charge in [-0.15, -0.1) is 0 Å². The molecule has 0 fully saturated rings. The van der Waals surface area contributed by atoms with Gasteiger partial charge >= 0.3 is 5.97 Å². The summed E-state index contributed by atoms with van der Waals surface area (Å²) in [5.74, 6) is -1.02. The lowest BCUT2D eigenvalue weighted by Gasteiger charge is -2.35. The van der Waals surface area contributed by atoms with Crippen LogP contribution in [0.4, 0.5) is 5.69 Å². The Labute approximate surface area is 119 Å². The molecule has 1 aliphatic rings. The Morgan fingerprint density at radius 2 is 1.95 bits per heavy atom. The normalized spacial score (nSPS) is 15.8. The van der Waals surface area contributed by atoms with Gasteiger partial charge in [-0.3, -0.25) is 4.31 Å². The molecule has 2 rings (SSSR count). The summed E-state index contributed by atoms with van der Waals surface area (Å²) in [5, 5.41) is 9.22. The maximum atomic E-state index is 12.6. The minimum atomic E-state index is -3.51. The van der Waals surface area contributed by atoms with Crippen molar-refractivity contribution in [3.63, 3.8) is 0 Å². The van der Waals surface area contributed by atoms with Gasteiger partial charge in [0.2, 0.25) is 10.0 Å². The van der Waals surface area contributed by atoms with E-state index in [4.69, 9.17) is 0 Å². The first kappa shape index (κ1) is 14.8. The number of rotatable bonds is 2. The van der Waals surface area contributed by atoms with E-state index in [1.165, 1.54) is 10.4 Å². The molecule has 0 unspecified atom stereocenters. The number of nitrogens with zero attached hydrogens (tertiary/aromatic N) is 1. The van der Waals surface area contributed by atoms with Crippen LogP contribution in [0.2, 0.25) is 0 Å². The minimum absolute atomic E-state index is 0.191. The van der Waals surface area contributed by atoms with E-state index in [1.54, 1.807) is 32.9 Å². The Bertz CT molecular complexity index is 644. The first-order chi connectivity index (χ1) is 9.16. The lowest BCUT2D eigenvalue weighted by Crippen LogP contribution is -2.45. The maximum Gasteiger partial charge on any atom is 0.336 e. The van der Waals surface area contributed by atoms with E-state index in [1.807, 2.05) is 0 Å². The summed E-state index contributed by atoms with van der Waals surface area (Å²) in [6, 6.07) is 4.80. The molecule has 0 bridgehead atoms.